The van der Waals surface area contributed by atoms with Gasteiger partial charge in [-0.15, -0.1) is 0 Å². The molecule has 1 saturated heterocycles. The van der Waals surface area contributed by atoms with Crippen LogP contribution >= 0.6 is 0 Å². The van der Waals surface area contributed by atoms with E-state index in [1.54, 1.807) is 0 Å². The molecule has 23 heavy (non-hydrogen) atoms. The molecule has 3 nitrogen and oxygen atoms in total. The molecule has 130 valence electrons. The van der Waals surface area contributed by atoms with Gasteiger partial charge in [0.05, 0.1) is 6.10 Å². The van der Waals surface area contributed by atoms with E-state index in [1.807, 2.05) is 18.2 Å². The average molecular weight is 320 g/mol. The van der Waals surface area contributed by atoms with E-state index in [1.165, 1.54) is 18.4 Å². The SMILES string of the molecule is CCCCCC1OC(Cc2ccccc2)OC(O)C1CCCC. The van der Waals surface area contributed by atoms with Crippen molar-refractivity contribution in [3.8, 4) is 0 Å². The maximum atomic E-state index is 10.5. The van der Waals surface area contributed by atoms with Crippen LogP contribution in [0.4, 0.5) is 0 Å². The van der Waals surface area contributed by atoms with Crippen LogP contribution in [-0.2, 0) is 15.9 Å². The van der Waals surface area contributed by atoms with Crippen LogP contribution in [0.15, 0.2) is 30.3 Å². The number of aliphatic hydroxyl groups excluding tert-OH is 1. The van der Waals surface area contributed by atoms with Gasteiger partial charge in [0.25, 0.3) is 0 Å². The summed E-state index contributed by atoms with van der Waals surface area (Å²) in [7, 11) is 0. The maximum Gasteiger partial charge on any atom is 0.165 e. The molecule has 0 aromatic heterocycles. The lowest BCUT2D eigenvalue weighted by Crippen LogP contribution is -2.47. The molecule has 0 aliphatic carbocycles. The van der Waals surface area contributed by atoms with Gasteiger partial charge in [-0.2, -0.15) is 0 Å². The molecule has 0 saturated carbocycles. The standard InChI is InChI=1S/C20H32O3/c1-3-5-8-14-18-17(13-6-4-2)20(21)23-19(22-18)15-16-11-9-7-10-12-16/h7,9-12,17-21H,3-6,8,13-15H2,1-2H3. The number of ether oxygens (including phenoxy) is 2. The predicted molar refractivity (Wildman–Crippen MR) is 93.1 cm³/mol. The van der Waals surface area contributed by atoms with E-state index in [0.717, 1.165) is 32.1 Å². The van der Waals surface area contributed by atoms with Crippen molar-refractivity contribution in [2.45, 2.75) is 83.9 Å². The molecule has 2 rings (SSSR count). The van der Waals surface area contributed by atoms with E-state index in [4.69, 9.17) is 9.47 Å². The molecule has 1 aromatic carbocycles. The van der Waals surface area contributed by atoms with Crippen LogP contribution in [0.3, 0.4) is 0 Å². The fourth-order valence-corrected chi connectivity index (χ4v) is 3.32. The fraction of sp³-hybridized carbons (Fsp3) is 0.700. The lowest BCUT2D eigenvalue weighted by molar-refractivity contribution is -0.321. The van der Waals surface area contributed by atoms with Crippen LogP contribution in [0.1, 0.15) is 64.4 Å². The molecule has 0 spiro atoms. The summed E-state index contributed by atoms with van der Waals surface area (Å²) in [6.45, 7) is 4.40. The molecule has 1 aliphatic heterocycles. The Morgan fingerprint density at radius 3 is 2.35 bits per heavy atom. The van der Waals surface area contributed by atoms with E-state index < -0.39 is 6.29 Å². The minimum atomic E-state index is -0.698. The van der Waals surface area contributed by atoms with Crippen LogP contribution in [0.25, 0.3) is 0 Å². The molecular weight excluding hydrogens is 288 g/mol. The molecule has 1 aliphatic rings. The molecule has 4 atom stereocenters. The van der Waals surface area contributed by atoms with Crippen LogP contribution < -0.4 is 0 Å². The minimum absolute atomic E-state index is 0.110. The second-order valence-electron chi connectivity index (χ2n) is 6.62. The number of rotatable bonds is 9. The summed E-state index contributed by atoms with van der Waals surface area (Å²) in [6.07, 6.45) is 7.62. The highest BCUT2D eigenvalue weighted by atomic mass is 16.7. The molecule has 0 bridgehead atoms. The molecule has 0 amide bonds. The van der Waals surface area contributed by atoms with Crippen molar-refractivity contribution < 1.29 is 14.6 Å². The smallest absolute Gasteiger partial charge is 0.165 e. The van der Waals surface area contributed by atoms with Gasteiger partial charge in [-0.3, -0.25) is 0 Å². The van der Waals surface area contributed by atoms with Crippen molar-refractivity contribution in [3.63, 3.8) is 0 Å². The first-order valence-corrected chi connectivity index (χ1v) is 9.27. The first-order chi connectivity index (χ1) is 11.2. The summed E-state index contributed by atoms with van der Waals surface area (Å²) < 4.78 is 12.0. The van der Waals surface area contributed by atoms with Gasteiger partial charge in [-0.25, -0.2) is 0 Å². The molecule has 1 N–H and O–H groups in total. The summed E-state index contributed by atoms with van der Waals surface area (Å²) in [5.74, 6) is 0.110. The summed E-state index contributed by atoms with van der Waals surface area (Å²) >= 11 is 0. The summed E-state index contributed by atoms with van der Waals surface area (Å²) in [4.78, 5) is 0. The summed E-state index contributed by atoms with van der Waals surface area (Å²) in [6, 6.07) is 10.2. The topological polar surface area (TPSA) is 38.7 Å². The highest BCUT2D eigenvalue weighted by molar-refractivity contribution is 5.15. The average Bonchev–Trinajstić information content (AvgIpc) is 2.55. The lowest BCUT2D eigenvalue weighted by atomic mass is 9.90. The zero-order valence-corrected chi connectivity index (χ0v) is 14.6. The Balaban J connectivity index is 1.96. The third kappa shape index (κ3) is 5.91. The minimum Gasteiger partial charge on any atom is -0.368 e. The first kappa shape index (κ1) is 18.4. The van der Waals surface area contributed by atoms with Gasteiger partial charge >= 0.3 is 0 Å². The Bertz CT molecular complexity index is 420. The van der Waals surface area contributed by atoms with Crippen molar-refractivity contribution in [2.24, 2.45) is 5.92 Å². The third-order valence-corrected chi connectivity index (χ3v) is 4.69. The highest BCUT2D eigenvalue weighted by Gasteiger charge is 2.37. The van der Waals surface area contributed by atoms with E-state index >= 15 is 0 Å². The van der Waals surface area contributed by atoms with Crippen LogP contribution in [-0.4, -0.2) is 23.8 Å². The van der Waals surface area contributed by atoms with Crippen molar-refractivity contribution >= 4 is 0 Å². The Morgan fingerprint density at radius 1 is 0.913 bits per heavy atom. The van der Waals surface area contributed by atoms with Crippen molar-refractivity contribution in [1.82, 2.24) is 0 Å². The second kappa shape index (κ2) is 10.1. The largest absolute Gasteiger partial charge is 0.368 e. The Labute approximate surface area is 141 Å². The number of hydrogen-bond acceptors (Lipinski definition) is 3. The van der Waals surface area contributed by atoms with Crippen molar-refractivity contribution in [1.29, 1.82) is 0 Å². The number of unbranched alkanes of at least 4 members (excludes halogenated alkanes) is 3. The zero-order chi connectivity index (χ0) is 16.5. The zero-order valence-electron chi connectivity index (χ0n) is 14.6. The molecule has 1 fully saturated rings. The molecule has 4 unspecified atom stereocenters. The molecular formula is C20H32O3. The van der Waals surface area contributed by atoms with Crippen molar-refractivity contribution in [3.05, 3.63) is 35.9 Å². The van der Waals surface area contributed by atoms with Gasteiger partial charge in [0.1, 0.15) is 0 Å². The molecule has 3 heteroatoms. The number of benzene rings is 1. The van der Waals surface area contributed by atoms with E-state index in [2.05, 4.69) is 26.0 Å². The Hall–Kier alpha value is -0.900. The predicted octanol–water partition coefficient (Wildman–Crippen LogP) is 4.68. The molecule has 1 heterocycles. The highest BCUT2D eigenvalue weighted by Crippen LogP contribution is 2.32. The second-order valence-corrected chi connectivity index (χ2v) is 6.62. The van der Waals surface area contributed by atoms with Crippen LogP contribution in [0, 0.1) is 5.92 Å². The van der Waals surface area contributed by atoms with E-state index in [9.17, 15) is 5.11 Å². The van der Waals surface area contributed by atoms with Gasteiger partial charge in [0.2, 0.25) is 0 Å². The van der Waals surface area contributed by atoms with Gasteiger partial charge in [-0.05, 0) is 18.4 Å². The van der Waals surface area contributed by atoms with E-state index in [-0.39, 0.29) is 18.3 Å². The van der Waals surface area contributed by atoms with Gasteiger partial charge in [0.15, 0.2) is 12.6 Å². The number of hydrogen-bond donors (Lipinski definition) is 1. The number of aliphatic hydroxyl groups is 1. The normalized spacial score (nSPS) is 28.0. The monoisotopic (exact) mass is 320 g/mol. The van der Waals surface area contributed by atoms with Gasteiger partial charge < -0.3 is 14.6 Å². The van der Waals surface area contributed by atoms with Gasteiger partial charge in [-0.1, -0.05) is 76.3 Å². The lowest BCUT2D eigenvalue weighted by Gasteiger charge is -2.40. The quantitative estimate of drug-likeness (QED) is 0.672. The first-order valence-electron chi connectivity index (χ1n) is 9.27. The molecule has 0 radical (unpaired) electrons. The fourth-order valence-electron chi connectivity index (χ4n) is 3.32. The van der Waals surface area contributed by atoms with Gasteiger partial charge in [0, 0.05) is 12.3 Å². The van der Waals surface area contributed by atoms with E-state index in [0.29, 0.717) is 6.42 Å². The Morgan fingerprint density at radius 2 is 1.65 bits per heavy atom. The van der Waals surface area contributed by atoms with Crippen LogP contribution in [0.2, 0.25) is 0 Å². The summed E-state index contributed by atoms with van der Waals surface area (Å²) in [5, 5.41) is 10.5. The Kier molecular flexibility index (Phi) is 8.07. The maximum absolute atomic E-state index is 10.5. The third-order valence-electron chi connectivity index (χ3n) is 4.69. The van der Waals surface area contributed by atoms with Crippen molar-refractivity contribution in [2.75, 3.05) is 0 Å². The molecule has 1 aromatic rings. The van der Waals surface area contributed by atoms with Crippen LogP contribution in [0.5, 0.6) is 0 Å². The summed E-state index contributed by atoms with van der Waals surface area (Å²) in [5.41, 5.74) is 1.18.